The molecule has 0 aliphatic carbocycles. The van der Waals surface area contributed by atoms with E-state index in [9.17, 15) is 9.59 Å². The van der Waals surface area contributed by atoms with Crippen LogP contribution in [0.4, 0.5) is 4.79 Å². The second-order valence-corrected chi connectivity index (χ2v) is 9.23. The van der Waals surface area contributed by atoms with Crippen molar-refractivity contribution in [2.45, 2.75) is 13.2 Å². The summed E-state index contributed by atoms with van der Waals surface area (Å²) < 4.78 is 6.16. The number of thioether (sulfide) groups is 1. The van der Waals surface area contributed by atoms with E-state index in [-0.39, 0.29) is 17.7 Å². The number of benzene rings is 4. The Kier molecular flexibility index (Phi) is 6.39. The molecule has 0 saturated carbocycles. The molecule has 6 heteroatoms. The van der Waals surface area contributed by atoms with Gasteiger partial charge < -0.3 is 4.74 Å². The first kappa shape index (κ1) is 22.3. The zero-order chi connectivity index (χ0) is 23.5. The van der Waals surface area contributed by atoms with Gasteiger partial charge in [-0.05, 0) is 51.9 Å². The van der Waals surface area contributed by atoms with Crippen LogP contribution in [0.25, 0.3) is 16.8 Å². The van der Waals surface area contributed by atoms with Crippen molar-refractivity contribution in [1.29, 1.82) is 0 Å². The number of carbonyl (C=O) groups excluding carboxylic acids is 2. The molecule has 1 saturated heterocycles. The fourth-order valence-electron chi connectivity index (χ4n) is 3.85. The normalized spacial score (nSPS) is 14.9. The number of nitrogens with zero attached hydrogens (tertiary/aromatic N) is 1. The average Bonchev–Trinajstić information content (AvgIpc) is 3.13. The average molecular weight is 486 g/mol. The molecule has 0 bridgehead atoms. The molecule has 0 radical (unpaired) electrons. The number of fused-ring (bicyclic) bond motifs is 1. The molecule has 34 heavy (non-hydrogen) atoms. The van der Waals surface area contributed by atoms with E-state index in [2.05, 4.69) is 0 Å². The third-order valence-corrected chi connectivity index (χ3v) is 6.88. The number of halogens is 1. The molecule has 1 aliphatic heterocycles. The van der Waals surface area contributed by atoms with Gasteiger partial charge in [0, 0.05) is 10.6 Å². The van der Waals surface area contributed by atoms with Crippen LogP contribution < -0.4 is 4.74 Å². The molecular weight excluding hydrogens is 466 g/mol. The predicted octanol–water partition coefficient (Wildman–Crippen LogP) is 7.31. The van der Waals surface area contributed by atoms with Crippen molar-refractivity contribution in [3.63, 3.8) is 0 Å². The largest absolute Gasteiger partial charge is 0.488 e. The minimum Gasteiger partial charge on any atom is -0.488 e. The van der Waals surface area contributed by atoms with E-state index in [0.29, 0.717) is 22.3 Å². The minimum atomic E-state index is -0.336. The Labute approximate surface area is 206 Å². The molecular formula is C28H20ClNO3S. The Bertz CT molecular complexity index is 1420. The molecule has 1 aliphatic rings. The van der Waals surface area contributed by atoms with Crippen LogP contribution in [0.2, 0.25) is 5.02 Å². The standard InChI is InChI=1S/C28H20ClNO3S/c29-24-13-7-5-11-21(24)17-30-27(31)26(34-28(30)32)16-23-22-12-6-4-10-20(22)14-15-25(23)33-18-19-8-2-1-3-9-19/h1-16H,17-18H2/b26-16-. The lowest BCUT2D eigenvalue weighted by Crippen LogP contribution is -2.27. The summed E-state index contributed by atoms with van der Waals surface area (Å²) in [6.07, 6.45) is 1.76. The highest BCUT2D eigenvalue weighted by molar-refractivity contribution is 8.18. The Morgan fingerprint density at radius 3 is 2.41 bits per heavy atom. The number of carbonyl (C=O) groups is 2. The summed E-state index contributed by atoms with van der Waals surface area (Å²) in [5, 5.41) is 2.18. The van der Waals surface area contributed by atoms with Gasteiger partial charge in [-0.1, -0.05) is 90.5 Å². The van der Waals surface area contributed by atoms with Crippen LogP contribution in [-0.2, 0) is 17.9 Å². The molecule has 0 N–H and O–H groups in total. The summed E-state index contributed by atoms with van der Waals surface area (Å²) in [6, 6.07) is 28.9. The molecule has 0 spiro atoms. The molecule has 5 rings (SSSR count). The molecule has 4 aromatic rings. The second-order valence-electron chi connectivity index (χ2n) is 7.83. The Morgan fingerprint density at radius 1 is 0.853 bits per heavy atom. The van der Waals surface area contributed by atoms with E-state index in [1.54, 1.807) is 12.1 Å². The van der Waals surface area contributed by atoms with Crippen molar-refractivity contribution in [3.05, 3.63) is 118 Å². The summed E-state index contributed by atoms with van der Waals surface area (Å²) in [6.45, 7) is 0.530. The van der Waals surface area contributed by atoms with Crippen LogP contribution in [0.3, 0.4) is 0 Å². The number of rotatable bonds is 6. The Hall–Kier alpha value is -3.54. The third kappa shape index (κ3) is 4.58. The van der Waals surface area contributed by atoms with Crippen LogP contribution in [0.5, 0.6) is 5.75 Å². The highest BCUT2D eigenvalue weighted by atomic mass is 35.5. The summed E-state index contributed by atoms with van der Waals surface area (Å²) in [5.74, 6) is 0.317. The van der Waals surface area contributed by atoms with Gasteiger partial charge in [-0.15, -0.1) is 0 Å². The topological polar surface area (TPSA) is 46.6 Å². The van der Waals surface area contributed by atoms with Crippen molar-refractivity contribution in [2.75, 3.05) is 0 Å². The zero-order valence-corrected chi connectivity index (χ0v) is 19.7. The number of hydrogen-bond acceptors (Lipinski definition) is 4. The third-order valence-electron chi connectivity index (χ3n) is 5.60. The zero-order valence-electron chi connectivity index (χ0n) is 18.1. The molecule has 4 aromatic carbocycles. The number of hydrogen-bond donors (Lipinski definition) is 0. The first-order valence-corrected chi connectivity index (χ1v) is 12.0. The lowest BCUT2D eigenvalue weighted by atomic mass is 10.0. The molecule has 4 nitrogen and oxygen atoms in total. The maximum Gasteiger partial charge on any atom is 0.293 e. The maximum absolute atomic E-state index is 13.2. The van der Waals surface area contributed by atoms with Gasteiger partial charge in [-0.25, -0.2) is 0 Å². The summed E-state index contributed by atoms with van der Waals surface area (Å²) >= 11 is 7.18. The van der Waals surface area contributed by atoms with Crippen molar-refractivity contribution >= 4 is 51.4 Å². The first-order chi connectivity index (χ1) is 16.6. The highest BCUT2D eigenvalue weighted by Gasteiger charge is 2.35. The molecule has 168 valence electrons. The Morgan fingerprint density at radius 2 is 1.59 bits per heavy atom. The SMILES string of the molecule is O=C1S/C(=C\c2c(OCc3ccccc3)ccc3ccccc23)C(=O)N1Cc1ccccc1Cl. The van der Waals surface area contributed by atoms with Crippen molar-refractivity contribution in [1.82, 2.24) is 4.90 Å². The van der Waals surface area contributed by atoms with Crippen molar-refractivity contribution in [3.8, 4) is 5.75 Å². The van der Waals surface area contributed by atoms with Crippen LogP contribution in [-0.4, -0.2) is 16.0 Å². The van der Waals surface area contributed by atoms with Gasteiger partial charge in [0.25, 0.3) is 11.1 Å². The van der Waals surface area contributed by atoms with Crippen LogP contribution in [0.1, 0.15) is 16.7 Å². The van der Waals surface area contributed by atoms with E-state index >= 15 is 0 Å². The van der Waals surface area contributed by atoms with Crippen molar-refractivity contribution in [2.24, 2.45) is 0 Å². The van der Waals surface area contributed by atoms with Crippen molar-refractivity contribution < 1.29 is 14.3 Å². The van der Waals surface area contributed by atoms with E-state index in [0.717, 1.165) is 39.2 Å². The molecule has 0 atom stereocenters. The monoisotopic (exact) mass is 485 g/mol. The van der Waals surface area contributed by atoms with Gasteiger partial charge in [-0.3, -0.25) is 14.5 Å². The minimum absolute atomic E-state index is 0.134. The summed E-state index contributed by atoms with van der Waals surface area (Å²) in [4.78, 5) is 27.5. The van der Waals surface area contributed by atoms with E-state index in [1.807, 2.05) is 84.9 Å². The molecule has 2 amide bonds. The molecule has 1 fully saturated rings. The fraction of sp³-hybridized carbons (Fsp3) is 0.0714. The summed E-state index contributed by atoms with van der Waals surface area (Å²) in [5.41, 5.74) is 2.55. The summed E-state index contributed by atoms with van der Waals surface area (Å²) in [7, 11) is 0. The van der Waals surface area contributed by atoms with Gasteiger partial charge in [0.2, 0.25) is 0 Å². The Balaban J connectivity index is 1.49. The van der Waals surface area contributed by atoms with Crippen LogP contribution in [0, 0.1) is 0 Å². The molecule has 0 aromatic heterocycles. The van der Waals surface area contributed by atoms with Gasteiger partial charge >= 0.3 is 0 Å². The molecule has 0 unspecified atom stereocenters. The van der Waals surface area contributed by atoms with Gasteiger partial charge in [-0.2, -0.15) is 0 Å². The number of amides is 2. The smallest absolute Gasteiger partial charge is 0.293 e. The quantitative estimate of drug-likeness (QED) is 0.269. The van der Waals surface area contributed by atoms with Gasteiger partial charge in [0.05, 0.1) is 11.4 Å². The van der Waals surface area contributed by atoms with Gasteiger partial charge in [0.1, 0.15) is 12.4 Å². The van der Waals surface area contributed by atoms with Crippen LogP contribution >= 0.6 is 23.4 Å². The van der Waals surface area contributed by atoms with E-state index in [4.69, 9.17) is 16.3 Å². The molecule has 1 heterocycles. The maximum atomic E-state index is 13.2. The lowest BCUT2D eigenvalue weighted by molar-refractivity contribution is -0.123. The van der Waals surface area contributed by atoms with E-state index < -0.39 is 0 Å². The number of ether oxygens (including phenoxy) is 1. The second kappa shape index (κ2) is 9.75. The lowest BCUT2D eigenvalue weighted by Gasteiger charge is -2.14. The first-order valence-electron chi connectivity index (χ1n) is 10.8. The highest BCUT2D eigenvalue weighted by Crippen LogP contribution is 2.38. The van der Waals surface area contributed by atoms with Crippen LogP contribution in [0.15, 0.2) is 95.9 Å². The number of imide groups is 1. The van der Waals surface area contributed by atoms with Gasteiger partial charge in [0.15, 0.2) is 0 Å². The van der Waals surface area contributed by atoms with E-state index in [1.165, 1.54) is 4.90 Å². The fourth-order valence-corrected chi connectivity index (χ4v) is 4.87. The predicted molar refractivity (Wildman–Crippen MR) is 138 cm³/mol.